The third-order valence-corrected chi connectivity index (χ3v) is 6.14. The summed E-state index contributed by atoms with van der Waals surface area (Å²) < 4.78 is 14.9. The van der Waals surface area contributed by atoms with E-state index in [1.54, 1.807) is 35.9 Å². The van der Waals surface area contributed by atoms with Gasteiger partial charge in [0.15, 0.2) is 5.78 Å². The van der Waals surface area contributed by atoms with Crippen LogP contribution in [0.2, 0.25) is 0 Å². The maximum absolute atomic E-state index is 14.9. The number of aromatic nitrogens is 1. The molecule has 0 bridgehead atoms. The van der Waals surface area contributed by atoms with Crippen molar-refractivity contribution >= 4 is 23.2 Å². The number of hydrogen-bond acceptors (Lipinski definition) is 4. The summed E-state index contributed by atoms with van der Waals surface area (Å²) in [4.78, 5) is 21.0. The van der Waals surface area contributed by atoms with Gasteiger partial charge in [0.25, 0.3) is 0 Å². The minimum atomic E-state index is -0.562. The number of nitrogens with zero attached hydrogens (tertiary/aromatic N) is 2. The van der Waals surface area contributed by atoms with E-state index >= 15 is 0 Å². The van der Waals surface area contributed by atoms with Crippen LogP contribution in [0.25, 0.3) is 6.08 Å². The Kier molecular flexibility index (Phi) is 5.43. The number of likely N-dealkylation sites (tertiary alicyclic amines) is 1. The maximum atomic E-state index is 14.9. The molecule has 1 aliphatic heterocycles. The molecule has 3 aromatic rings. The van der Waals surface area contributed by atoms with Crippen LogP contribution in [0.15, 0.2) is 71.9 Å². The van der Waals surface area contributed by atoms with Gasteiger partial charge < -0.3 is 0 Å². The minimum Gasteiger partial charge on any atom is -0.294 e. The molecule has 29 heavy (non-hydrogen) atoms. The zero-order valence-electron chi connectivity index (χ0n) is 16.5. The molecule has 1 unspecified atom stereocenters. The molecular weight excluding hydrogens is 383 g/mol. The largest absolute Gasteiger partial charge is 0.294 e. The van der Waals surface area contributed by atoms with Crippen molar-refractivity contribution in [1.29, 1.82) is 0 Å². The zero-order chi connectivity index (χ0) is 20.4. The molecule has 0 N–H and O–H groups in total. The second kappa shape index (κ2) is 8.01. The molecule has 1 atom stereocenters. The lowest BCUT2D eigenvalue weighted by molar-refractivity contribution is -0.128. The van der Waals surface area contributed by atoms with Crippen LogP contribution in [0, 0.1) is 11.2 Å². The molecule has 1 fully saturated rings. The van der Waals surface area contributed by atoms with E-state index in [0.29, 0.717) is 24.2 Å². The molecule has 0 radical (unpaired) electrons. The third-order valence-electron chi connectivity index (χ3n) is 5.28. The summed E-state index contributed by atoms with van der Waals surface area (Å²) in [5.41, 5.74) is 1.41. The highest BCUT2D eigenvalue weighted by atomic mass is 32.1. The highest BCUT2D eigenvalue weighted by Gasteiger charge is 2.44. The van der Waals surface area contributed by atoms with Crippen LogP contribution in [0.5, 0.6) is 0 Å². The molecule has 0 saturated carbocycles. The van der Waals surface area contributed by atoms with Gasteiger partial charge >= 0.3 is 0 Å². The highest BCUT2D eigenvalue weighted by Crippen LogP contribution is 2.43. The molecule has 1 aromatic carbocycles. The van der Waals surface area contributed by atoms with Gasteiger partial charge in [-0.15, -0.1) is 11.3 Å². The minimum absolute atomic E-state index is 0.0528. The number of benzene rings is 1. The number of carbonyl (C=O) groups is 1. The number of ketones is 1. The lowest BCUT2D eigenvalue weighted by Gasteiger charge is -2.44. The lowest BCUT2D eigenvalue weighted by Crippen LogP contribution is -2.49. The molecule has 1 saturated heterocycles. The smallest absolute Gasteiger partial charge is 0.167 e. The first kappa shape index (κ1) is 19.7. The van der Waals surface area contributed by atoms with E-state index in [4.69, 9.17) is 0 Å². The third kappa shape index (κ3) is 4.07. The zero-order valence-corrected chi connectivity index (χ0v) is 17.3. The predicted octanol–water partition coefficient (Wildman–Crippen LogP) is 5.52. The number of rotatable bonds is 4. The number of Topliss-reactive ketones (excluding diaryl/α,β-unsaturated/α-hetero) is 1. The van der Waals surface area contributed by atoms with E-state index < -0.39 is 11.5 Å². The van der Waals surface area contributed by atoms with Crippen LogP contribution in [-0.4, -0.2) is 22.2 Å². The summed E-state index contributed by atoms with van der Waals surface area (Å²) in [7, 11) is 0. The lowest BCUT2D eigenvalue weighted by atomic mass is 9.74. The van der Waals surface area contributed by atoms with Gasteiger partial charge in [-0.25, -0.2) is 4.39 Å². The summed E-state index contributed by atoms with van der Waals surface area (Å²) in [5, 5.41) is 2.04. The van der Waals surface area contributed by atoms with Crippen molar-refractivity contribution in [1.82, 2.24) is 9.88 Å². The fourth-order valence-electron chi connectivity index (χ4n) is 3.98. The van der Waals surface area contributed by atoms with Gasteiger partial charge in [-0.1, -0.05) is 44.2 Å². The number of piperidine rings is 1. The van der Waals surface area contributed by atoms with Gasteiger partial charge in [0, 0.05) is 46.9 Å². The van der Waals surface area contributed by atoms with E-state index in [9.17, 15) is 9.18 Å². The van der Waals surface area contributed by atoms with E-state index in [2.05, 4.69) is 16.0 Å². The number of halogens is 1. The van der Waals surface area contributed by atoms with E-state index in [1.165, 1.54) is 10.9 Å². The van der Waals surface area contributed by atoms with Gasteiger partial charge in [-0.2, -0.15) is 0 Å². The number of thiophene rings is 1. The maximum Gasteiger partial charge on any atom is 0.167 e. The Labute approximate surface area is 174 Å². The van der Waals surface area contributed by atoms with Crippen molar-refractivity contribution in [2.24, 2.45) is 5.41 Å². The topological polar surface area (TPSA) is 33.2 Å². The first-order chi connectivity index (χ1) is 14.0. The number of hydrogen-bond donors (Lipinski definition) is 0. The van der Waals surface area contributed by atoms with Crippen molar-refractivity contribution in [3.05, 3.63) is 93.7 Å². The Morgan fingerprint density at radius 3 is 2.72 bits per heavy atom. The molecule has 0 spiro atoms. The molecule has 4 rings (SSSR count). The first-order valence-corrected chi connectivity index (χ1v) is 10.5. The average molecular weight is 407 g/mol. The Morgan fingerprint density at radius 2 is 2.03 bits per heavy atom. The standard InChI is InChI=1S/C24H23FN2OS/c1-24(2)16-27(15-18-8-6-12-29-18)22(19-9-3-4-10-21(19)25)20(23(24)28)13-17-7-5-11-26-14-17/h3-14,22H,15-16H2,1-2H3/b20-13-. The predicted molar refractivity (Wildman–Crippen MR) is 115 cm³/mol. The van der Waals surface area contributed by atoms with Crippen LogP contribution in [0.1, 0.15) is 35.9 Å². The molecule has 2 aromatic heterocycles. The van der Waals surface area contributed by atoms with Crippen molar-refractivity contribution in [2.75, 3.05) is 6.54 Å². The molecule has 0 amide bonds. The Bertz CT molecular complexity index is 1030. The SMILES string of the molecule is CC1(C)CN(Cc2cccs2)C(c2ccccc2F)/C(=C/c2cccnc2)C1=O. The van der Waals surface area contributed by atoms with Crippen LogP contribution >= 0.6 is 11.3 Å². The average Bonchev–Trinajstić information content (AvgIpc) is 3.21. The summed E-state index contributed by atoms with van der Waals surface area (Å²) >= 11 is 1.67. The summed E-state index contributed by atoms with van der Waals surface area (Å²) in [6.45, 7) is 5.15. The summed E-state index contributed by atoms with van der Waals surface area (Å²) in [6.07, 6.45) is 5.30. The highest BCUT2D eigenvalue weighted by molar-refractivity contribution is 7.09. The number of carbonyl (C=O) groups excluding carboxylic acids is 1. The molecule has 148 valence electrons. The Morgan fingerprint density at radius 1 is 1.21 bits per heavy atom. The van der Waals surface area contributed by atoms with Gasteiger partial charge in [0.2, 0.25) is 0 Å². The second-order valence-corrected chi connectivity index (χ2v) is 9.04. The molecule has 3 heterocycles. The van der Waals surface area contributed by atoms with E-state index in [-0.39, 0.29) is 11.6 Å². The Hall–Kier alpha value is -2.63. The van der Waals surface area contributed by atoms with Crippen molar-refractivity contribution < 1.29 is 9.18 Å². The van der Waals surface area contributed by atoms with Gasteiger partial charge in [-0.05, 0) is 35.2 Å². The normalized spacial score (nSPS) is 20.9. The van der Waals surface area contributed by atoms with Gasteiger partial charge in [-0.3, -0.25) is 14.7 Å². The van der Waals surface area contributed by atoms with Crippen molar-refractivity contribution in [3.8, 4) is 0 Å². The van der Waals surface area contributed by atoms with Gasteiger partial charge in [0.05, 0.1) is 6.04 Å². The summed E-state index contributed by atoms with van der Waals surface area (Å²) in [5.74, 6) is -0.240. The van der Waals surface area contributed by atoms with Crippen molar-refractivity contribution in [3.63, 3.8) is 0 Å². The monoisotopic (exact) mass is 406 g/mol. The fourth-order valence-corrected chi connectivity index (χ4v) is 4.71. The van der Waals surface area contributed by atoms with E-state index in [0.717, 1.165) is 5.56 Å². The van der Waals surface area contributed by atoms with Crippen LogP contribution in [0.4, 0.5) is 4.39 Å². The quantitative estimate of drug-likeness (QED) is 0.535. The fraction of sp³-hybridized carbons (Fsp3) is 0.250. The second-order valence-electron chi connectivity index (χ2n) is 8.01. The van der Waals surface area contributed by atoms with Crippen LogP contribution in [-0.2, 0) is 11.3 Å². The molecule has 5 heteroatoms. The van der Waals surface area contributed by atoms with Gasteiger partial charge in [0.1, 0.15) is 5.82 Å². The van der Waals surface area contributed by atoms with Crippen LogP contribution in [0.3, 0.4) is 0 Å². The van der Waals surface area contributed by atoms with Crippen molar-refractivity contribution in [2.45, 2.75) is 26.4 Å². The number of pyridine rings is 1. The van der Waals surface area contributed by atoms with Crippen LogP contribution < -0.4 is 0 Å². The summed E-state index contributed by atoms with van der Waals surface area (Å²) in [6, 6.07) is 14.2. The van der Waals surface area contributed by atoms with E-state index in [1.807, 2.05) is 49.6 Å². The molecule has 3 nitrogen and oxygen atoms in total. The molecule has 0 aliphatic carbocycles. The Balaban J connectivity index is 1.87. The molecule has 1 aliphatic rings. The molecular formula is C24H23FN2OS. The first-order valence-electron chi connectivity index (χ1n) is 9.63.